The van der Waals surface area contributed by atoms with Gasteiger partial charge >= 0.3 is 0 Å². The Morgan fingerprint density at radius 1 is 1.05 bits per heavy atom. The number of hydrogen-bond donors (Lipinski definition) is 1. The first kappa shape index (κ1) is 19.1. The van der Waals surface area contributed by atoms with Gasteiger partial charge in [-0.2, -0.15) is 0 Å². The van der Waals surface area contributed by atoms with Gasteiger partial charge in [-0.05, 0) is 23.8 Å². The SMILES string of the molecule is COc1cccc(CNCc2ccc(Br)cc2Cl)c1OC.Cl. The molecular formula is C16H18BrCl2NO2. The molecule has 120 valence electrons. The fraction of sp³-hybridized carbons (Fsp3) is 0.250. The number of methoxy groups -OCH3 is 2. The van der Waals surface area contributed by atoms with Crippen molar-refractivity contribution < 1.29 is 9.47 Å². The van der Waals surface area contributed by atoms with E-state index in [-0.39, 0.29) is 12.4 Å². The van der Waals surface area contributed by atoms with Crippen molar-refractivity contribution in [3.63, 3.8) is 0 Å². The summed E-state index contributed by atoms with van der Waals surface area (Å²) in [7, 11) is 3.28. The van der Waals surface area contributed by atoms with E-state index >= 15 is 0 Å². The Balaban J connectivity index is 0.00000242. The quantitative estimate of drug-likeness (QED) is 0.744. The molecule has 2 aromatic rings. The lowest BCUT2D eigenvalue weighted by atomic mass is 10.1. The molecule has 0 spiro atoms. The normalized spacial score (nSPS) is 10.0. The molecule has 0 amide bonds. The molecule has 6 heteroatoms. The van der Waals surface area contributed by atoms with Crippen LogP contribution in [-0.2, 0) is 13.1 Å². The van der Waals surface area contributed by atoms with Gasteiger partial charge in [0.25, 0.3) is 0 Å². The van der Waals surface area contributed by atoms with E-state index in [1.54, 1.807) is 14.2 Å². The summed E-state index contributed by atoms with van der Waals surface area (Å²) in [6.45, 7) is 1.36. The Hall–Kier alpha value is -0.940. The molecule has 0 aliphatic rings. The van der Waals surface area contributed by atoms with Crippen molar-refractivity contribution in [1.29, 1.82) is 0 Å². The van der Waals surface area contributed by atoms with Crippen LogP contribution in [0.25, 0.3) is 0 Å². The molecule has 2 rings (SSSR count). The van der Waals surface area contributed by atoms with E-state index in [4.69, 9.17) is 21.1 Å². The minimum absolute atomic E-state index is 0. The third kappa shape index (κ3) is 4.78. The van der Waals surface area contributed by atoms with Crippen molar-refractivity contribution in [1.82, 2.24) is 5.32 Å². The number of hydrogen-bond acceptors (Lipinski definition) is 3. The molecular weight excluding hydrogens is 389 g/mol. The van der Waals surface area contributed by atoms with Crippen molar-refractivity contribution in [3.8, 4) is 11.5 Å². The van der Waals surface area contributed by atoms with Gasteiger partial charge in [-0.15, -0.1) is 12.4 Å². The maximum Gasteiger partial charge on any atom is 0.165 e. The minimum atomic E-state index is 0. The molecule has 0 heterocycles. The number of para-hydroxylation sites is 1. The molecule has 1 N–H and O–H groups in total. The lowest BCUT2D eigenvalue weighted by molar-refractivity contribution is 0.350. The van der Waals surface area contributed by atoms with Crippen LogP contribution in [0.15, 0.2) is 40.9 Å². The van der Waals surface area contributed by atoms with Crippen LogP contribution in [0.1, 0.15) is 11.1 Å². The van der Waals surface area contributed by atoms with Crippen LogP contribution in [0.3, 0.4) is 0 Å². The molecule has 0 aliphatic carbocycles. The summed E-state index contributed by atoms with van der Waals surface area (Å²) in [6.07, 6.45) is 0. The van der Waals surface area contributed by atoms with Crippen molar-refractivity contribution in [3.05, 3.63) is 57.0 Å². The zero-order valence-corrected chi connectivity index (χ0v) is 15.5. The van der Waals surface area contributed by atoms with Crippen LogP contribution in [0.4, 0.5) is 0 Å². The lowest BCUT2D eigenvalue weighted by Crippen LogP contribution is -2.14. The van der Waals surface area contributed by atoms with E-state index < -0.39 is 0 Å². The number of rotatable bonds is 6. The standard InChI is InChI=1S/C16H17BrClNO2.ClH/c1-20-15-5-3-4-12(16(15)21-2)10-19-9-11-6-7-13(17)8-14(11)18;/h3-8,19H,9-10H2,1-2H3;1H. The van der Waals surface area contributed by atoms with Crippen LogP contribution < -0.4 is 14.8 Å². The number of ether oxygens (including phenoxy) is 2. The van der Waals surface area contributed by atoms with Gasteiger partial charge in [-0.25, -0.2) is 0 Å². The molecule has 0 saturated carbocycles. The first-order valence-corrected chi connectivity index (χ1v) is 7.67. The van der Waals surface area contributed by atoms with Crippen LogP contribution in [-0.4, -0.2) is 14.2 Å². The van der Waals surface area contributed by atoms with Crippen molar-refractivity contribution in [2.45, 2.75) is 13.1 Å². The Morgan fingerprint density at radius 2 is 1.77 bits per heavy atom. The van der Waals surface area contributed by atoms with Gasteiger partial charge in [-0.1, -0.05) is 45.7 Å². The van der Waals surface area contributed by atoms with Crippen LogP contribution in [0.5, 0.6) is 11.5 Å². The van der Waals surface area contributed by atoms with Crippen molar-refractivity contribution in [2.24, 2.45) is 0 Å². The van der Waals surface area contributed by atoms with Gasteiger partial charge in [0, 0.05) is 28.1 Å². The van der Waals surface area contributed by atoms with E-state index in [0.717, 1.165) is 32.1 Å². The average Bonchev–Trinajstić information content (AvgIpc) is 2.49. The molecule has 0 unspecified atom stereocenters. The first-order chi connectivity index (χ1) is 10.2. The Bertz CT molecular complexity index is 623. The van der Waals surface area contributed by atoms with E-state index in [1.807, 2.05) is 36.4 Å². The van der Waals surface area contributed by atoms with Gasteiger partial charge < -0.3 is 14.8 Å². The Labute approximate surface area is 150 Å². The summed E-state index contributed by atoms with van der Waals surface area (Å²) in [5.41, 5.74) is 2.10. The topological polar surface area (TPSA) is 30.5 Å². The second kappa shape index (κ2) is 9.26. The molecule has 0 saturated heterocycles. The number of halogens is 3. The fourth-order valence-electron chi connectivity index (χ4n) is 2.09. The Morgan fingerprint density at radius 3 is 2.41 bits per heavy atom. The van der Waals surface area contributed by atoms with Gasteiger partial charge in [-0.3, -0.25) is 0 Å². The second-order valence-electron chi connectivity index (χ2n) is 4.49. The van der Waals surface area contributed by atoms with Crippen LogP contribution in [0, 0.1) is 0 Å². The highest BCUT2D eigenvalue weighted by Crippen LogP contribution is 2.30. The predicted octanol–water partition coefficient (Wildman–Crippen LogP) is 4.83. The molecule has 0 radical (unpaired) electrons. The highest BCUT2D eigenvalue weighted by Gasteiger charge is 2.09. The third-order valence-electron chi connectivity index (χ3n) is 3.13. The first-order valence-electron chi connectivity index (χ1n) is 6.50. The highest BCUT2D eigenvalue weighted by atomic mass is 79.9. The van der Waals surface area contributed by atoms with Crippen LogP contribution >= 0.6 is 39.9 Å². The number of benzene rings is 2. The maximum atomic E-state index is 6.20. The lowest BCUT2D eigenvalue weighted by Gasteiger charge is -2.13. The van der Waals surface area contributed by atoms with Gasteiger partial charge in [0.2, 0.25) is 0 Å². The summed E-state index contributed by atoms with van der Waals surface area (Å²) in [5, 5.41) is 4.11. The van der Waals surface area contributed by atoms with E-state index in [2.05, 4.69) is 21.2 Å². The van der Waals surface area contributed by atoms with Gasteiger partial charge in [0.1, 0.15) is 0 Å². The molecule has 0 atom stereocenters. The van der Waals surface area contributed by atoms with Gasteiger partial charge in [0.05, 0.1) is 14.2 Å². The maximum absolute atomic E-state index is 6.20. The highest BCUT2D eigenvalue weighted by molar-refractivity contribution is 9.10. The summed E-state index contributed by atoms with van der Waals surface area (Å²) in [4.78, 5) is 0. The molecule has 3 nitrogen and oxygen atoms in total. The van der Waals surface area contributed by atoms with E-state index in [1.165, 1.54) is 0 Å². The van der Waals surface area contributed by atoms with Crippen LogP contribution in [0.2, 0.25) is 5.02 Å². The Kier molecular flexibility index (Phi) is 8.04. The molecule has 0 aromatic heterocycles. The summed E-state index contributed by atoms with van der Waals surface area (Å²) in [5.74, 6) is 1.49. The smallest absolute Gasteiger partial charge is 0.165 e. The molecule has 2 aromatic carbocycles. The van der Waals surface area contributed by atoms with Crippen molar-refractivity contribution >= 4 is 39.9 Å². The zero-order valence-electron chi connectivity index (χ0n) is 12.4. The summed E-state index contributed by atoms with van der Waals surface area (Å²) < 4.78 is 11.7. The van der Waals surface area contributed by atoms with E-state index in [0.29, 0.717) is 13.1 Å². The number of nitrogens with one attached hydrogen (secondary N) is 1. The minimum Gasteiger partial charge on any atom is -0.493 e. The van der Waals surface area contributed by atoms with Crippen molar-refractivity contribution in [2.75, 3.05) is 14.2 Å². The summed E-state index contributed by atoms with van der Waals surface area (Å²) in [6, 6.07) is 11.7. The fourth-order valence-corrected chi connectivity index (χ4v) is 2.83. The summed E-state index contributed by atoms with van der Waals surface area (Å²) >= 11 is 9.60. The predicted molar refractivity (Wildman–Crippen MR) is 96.5 cm³/mol. The second-order valence-corrected chi connectivity index (χ2v) is 5.81. The average molecular weight is 407 g/mol. The molecule has 0 aliphatic heterocycles. The van der Waals surface area contributed by atoms with E-state index in [9.17, 15) is 0 Å². The zero-order chi connectivity index (χ0) is 15.2. The molecule has 0 fully saturated rings. The monoisotopic (exact) mass is 405 g/mol. The molecule has 0 bridgehead atoms. The largest absolute Gasteiger partial charge is 0.493 e. The third-order valence-corrected chi connectivity index (χ3v) is 3.98. The molecule has 22 heavy (non-hydrogen) atoms. The van der Waals surface area contributed by atoms with Gasteiger partial charge in [0.15, 0.2) is 11.5 Å².